The number of rotatable bonds is 4. The van der Waals surface area contributed by atoms with Gasteiger partial charge >= 0.3 is 0 Å². The largest absolute Gasteiger partial charge is 0.487 e. The molecule has 1 fully saturated rings. The summed E-state index contributed by atoms with van der Waals surface area (Å²) in [6.45, 7) is 4.50. The molecule has 162 valence electrons. The van der Waals surface area contributed by atoms with Crippen molar-refractivity contribution in [3.05, 3.63) is 70.6 Å². The van der Waals surface area contributed by atoms with Crippen LogP contribution < -0.4 is 10.2 Å². The number of amides is 2. The zero-order chi connectivity index (χ0) is 21.8. The number of piperazine rings is 1. The van der Waals surface area contributed by atoms with Crippen molar-refractivity contribution in [1.29, 1.82) is 0 Å². The van der Waals surface area contributed by atoms with Crippen molar-refractivity contribution in [3.8, 4) is 0 Å². The van der Waals surface area contributed by atoms with E-state index in [9.17, 15) is 14.0 Å². The third-order valence-electron chi connectivity index (χ3n) is 5.37. The Hall–Kier alpha value is -3.00. The van der Waals surface area contributed by atoms with Gasteiger partial charge in [-0.3, -0.25) is 9.59 Å². The lowest BCUT2D eigenvalue weighted by Gasteiger charge is -2.36. The topological polar surface area (TPSA) is 61.9 Å². The molecule has 2 heterocycles. The summed E-state index contributed by atoms with van der Waals surface area (Å²) in [6, 6.07) is 12.0. The maximum Gasteiger partial charge on any atom is 0.291 e. The lowest BCUT2D eigenvalue weighted by molar-refractivity contribution is -0.116. The molecule has 0 unspecified atom stereocenters. The Balaban J connectivity index is 1.42. The highest BCUT2D eigenvalue weighted by atomic mass is 32.2. The first kappa shape index (κ1) is 21.2. The molecule has 6 nitrogen and oxygen atoms in total. The van der Waals surface area contributed by atoms with E-state index in [0.29, 0.717) is 49.7 Å². The molecule has 4 rings (SSSR count). The van der Waals surface area contributed by atoms with Crippen molar-refractivity contribution in [2.45, 2.75) is 6.92 Å². The molecule has 0 spiro atoms. The number of hydrogen-bond donors (Lipinski definition) is 1. The quantitative estimate of drug-likeness (QED) is 0.785. The van der Waals surface area contributed by atoms with Gasteiger partial charge in [0.25, 0.3) is 11.8 Å². The van der Waals surface area contributed by atoms with E-state index in [1.807, 2.05) is 24.0 Å². The number of benzene rings is 2. The summed E-state index contributed by atoms with van der Waals surface area (Å²) in [5.74, 6) is 0.434. The van der Waals surface area contributed by atoms with E-state index in [0.717, 1.165) is 11.3 Å². The Morgan fingerprint density at radius 1 is 1.10 bits per heavy atom. The van der Waals surface area contributed by atoms with E-state index >= 15 is 0 Å². The average Bonchev–Trinajstić information content (AvgIpc) is 2.81. The summed E-state index contributed by atoms with van der Waals surface area (Å²) in [4.78, 5) is 29.2. The van der Waals surface area contributed by atoms with Gasteiger partial charge in [-0.15, -0.1) is 11.8 Å². The highest BCUT2D eigenvalue weighted by Gasteiger charge is 2.24. The molecule has 1 N–H and O–H groups in total. The molecule has 2 amide bonds. The number of hydrogen-bond acceptors (Lipinski definition) is 5. The number of halogens is 1. The van der Waals surface area contributed by atoms with Crippen molar-refractivity contribution in [1.82, 2.24) is 4.90 Å². The van der Waals surface area contributed by atoms with Crippen molar-refractivity contribution < 1.29 is 18.7 Å². The van der Waals surface area contributed by atoms with Gasteiger partial charge < -0.3 is 19.9 Å². The van der Waals surface area contributed by atoms with Crippen LogP contribution in [0.1, 0.15) is 15.9 Å². The van der Waals surface area contributed by atoms with Crippen LogP contribution in [-0.4, -0.2) is 55.3 Å². The van der Waals surface area contributed by atoms with E-state index in [-0.39, 0.29) is 23.4 Å². The SMILES string of the molecule is Cc1ccc(C(=O)N2CCN(c3ccccc3F)CC2)cc1NC(=O)C1=CSCCO1. The van der Waals surface area contributed by atoms with E-state index in [1.54, 1.807) is 34.6 Å². The molecule has 0 atom stereocenters. The Kier molecular flexibility index (Phi) is 6.46. The fourth-order valence-electron chi connectivity index (χ4n) is 3.60. The minimum Gasteiger partial charge on any atom is -0.487 e. The molecule has 2 aromatic carbocycles. The van der Waals surface area contributed by atoms with Gasteiger partial charge in [-0.1, -0.05) is 18.2 Å². The summed E-state index contributed by atoms with van der Waals surface area (Å²) in [5, 5.41) is 4.55. The normalized spacial score (nSPS) is 16.4. The summed E-state index contributed by atoms with van der Waals surface area (Å²) in [7, 11) is 0. The summed E-state index contributed by atoms with van der Waals surface area (Å²) < 4.78 is 19.4. The van der Waals surface area contributed by atoms with Crippen LogP contribution in [0, 0.1) is 12.7 Å². The maximum absolute atomic E-state index is 14.0. The standard InChI is InChI=1S/C23H24FN3O3S/c1-16-6-7-17(14-19(16)25-22(28)21-15-31-13-12-30-21)23(29)27-10-8-26(9-11-27)20-5-3-2-4-18(20)24/h2-7,14-15H,8-13H2,1H3,(H,25,28). The first-order valence-corrected chi connectivity index (χ1v) is 11.2. The minimum atomic E-state index is -0.321. The molecule has 2 aliphatic rings. The minimum absolute atomic E-state index is 0.104. The van der Waals surface area contributed by atoms with Crippen molar-refractivity contribution in [2.75, 3.05) is 48.8 Å². The molecule has 0 aromatic heterocycles. The van der Waals surface area contributed by atoms with Gasteiger partial charge in [-0.2, -0.15) is 0 Å². The van der Waals surface area contributed by atoms with Crippen LogP contribution in [0.3, 0.4) is 0 Å². The van der Waals surface area contributed by atoms with Gasteiger partial charge in [-0.05, 0) is 36.8 Å². The molecule has 8 heteroatoms. The number of para-hydroxylation sites is 1. The molecule has 1 saturated heterocycles. The Morgan fingerprint density at radius 3 is 2.58 bits per heavy atom. The lowest BCUT2D eigenvalue weighted by Crippen LogP contribution is -2.49. The van der Waals surface area contributed by atoms with Gasteiger partial charge in [-0.25, -0.2) is 4.39 Å². The van der Waals surface area contributed by atoms with Crippen LogP contribution in [0.25, 0.3) is 0 Å². The predicted molar refractivity (Wildman–Crippen MR) is 121 cm³/mol. The van der Waals surface area contributed by atoms with Crippen LogP contribution >= 0.6 is 11.8 Å². The summed E-state index contributed by atoms with van der Waals surface area (Å²) in [6.07, 6.45) is 0. The first-order valence-electron chi connectivity index (χ1n) is 10.2. The number of carbonyl (C=O) groups is 2. The van der Waals surface area contributed by atoms with Crippen molar-refractivity contribution >= 4 is 35.0 Å². The van der Waals surface area contributed by atoms with Crippen molar-refractivity contribution in [2.24, 2.45) is 0 Å². The predicted octanol–water partition coefficient (Wildman–Crippen LogP) is 3.64. The molecule has 2 aliphatic heterocycles. The third-order valence-corrected chi connectivity index (χ3v) is 6.15. The van der Waals surface area contributed by atoms with Gasteiger partial charge in [0.1, 0.15) is 5.82 Å². The molecular weight excluding hydrogens is 417 g/mol. The summed E-state index contributed by atoms with van der Waals surface area (Å²) in [5.41, 5.74) is 2.51. The van der Waals surface area contributed by atoms with E-state index in [1.165, 1.54) is 17.8 Å². The third kappa shape index (κ3) is 4.85. The Bertz CT molecular complexity index is 1020. The average molecular weight is 442 g/mol. The molecule has 0 radical (unpaired) electrons. The molecule has 2 aromatic rings. The monoisotopic (exact) mass is 441 g/mol. The lowest BCUT2D eigenvalue weighted by atomic mass is 10.1. The van der Waals surface area contributed by atoms with Gasteiger partial charge in [0.05, 0.1) is 12.3 Å². The Labute approximate surface area is 185 Å². The molecule has 31 heavy (non-hydrogen) atoms. The number of carbonyl (C=O) groups excluding carboxylic acids is 2. The van der Waals surface area contributed by atoms with Crippen LogP contribution in [0.5, 0.6) is 0 Å². The second-order valence-electron chi connectivity index (χ2n) is 7.42. The van der Waals surface area contributed by atoms with Crippen LogP contribution in [-0.2, 0) is 9.53 Å². The van der Waals surface area contributed by atoms with Crippen LogP contribution in [0.15, 0.2) is 53.6 Å². The number of nitrogens with one attached hydrogen (secondary N) is 1. The molecular formula is C23H24FN3O3S. The number of aryl methyl sites for hydroxylation is 1. The number of thioether (sulfide) groups is 1. The smallest absolute Gasteiger partial charge is 0.291 e. The number of ether oxygens (including phenoxy) is 1. The highest BCUT2D eigenvalue weighted by Crippen LogP contribution is 2.23. The zero-order valence-corrected chi connectivity index (χ0v) is 18.1. The van der Waals surface area contributed by atoms with E-state index in [2.05, 4.69) is 5.32 Å². The first-order chi connectivity index (χ1) is 15.0. The Morgan fingerprint density at radius 2 is 1.87 bits per heavy atom. The van der Waals surface area contributed by atoms with Gasteiger partial charge in [0.15, 0.2) is 5.76 Å². The fraction of sp³-hybridized carbons (Fsp3) is 0.304. The van der Waals surface area contributed by atoms with E-state index < -0.39 is 0 Å². The molecule has 0 aliphatic carbocycles. The maximum atomic E-state index is 14.0. The second kappa shape index (κ2) is 9.43. The van der Waals surface area contributed by atoms with Gasteiger partial charge in [0, 0.05) is 48.6 Å². The van der Waals surface area contributed by atoms with Gasteiger partial charge in [0.2, 0.25) is 0 Å². The number of anilines is 2. The summed E-state index contributed by atoms with van der Waals surface area (Å²) >= 11 is 1.54. The number of nitrogens with zero attached hydrogens (tertiary/aromatic N) is 2. The highest BCUT2D eigenvalue weighted by molar-refractivity contribution is 8.02. The molecule has 0 bridgehead atoms. The zero-order valence-electron chi connectivity index (χ0n) is 17.3. The second-order valence-corrected chi connectivity index (χ2v) is 8.39. The van der Waals surface area contributed by atoms with E-state index in [4.69, 9.17) is 4.74 Å². The molecule has 0 saturated carbocycles. The van der Waals surface area contributed by atoms with Crippen LogP contribution in [0.4, 0.5) is 15.8 Å². The fourth-order valence-corrected chi connectivity index (χ4v) is 4.23. The van der Waals surface area contributed by atoms with Crippen LogP contribution in [0.2, 0.25) is 0 Å². The van der Waals surface area contributed by atoms with Crippen molar-refractivity contribution in [3.63, 3.8) is 0 Å².